The van der Waals surface area contributed by atoms with Gasteiger partial charge < -0.3 is 9.32 Å². The summed E-state index contributed by atoms with van der Waals surface area (Å²) in [5, 5.41) is 0. The summed E-state index contributed by atoms with van der Waals surface area (Å²) < 4.78 is 5.28. The van der Waals surface area contributed by atoms with Crippen molar-refractivity contribution >= 4 is 11.6 Å². The minimum atomic E-state index is 0.796. The van der Waals surface area contributed by atoms with E-state index in [9.17, 15) is 0 Å². The van der Waals surface area contributed by atoms with Crippen LogP contribution in [-0.4, -0.2) is 24.4 Å². The fourth-order valence-corrected chi connectivity index (χ4v) is 1.96. The summed E-state index contributed by atoms with van der Waals surface area (Å²) in [6, 6.07) is 2.05. The summed E-state index contributed by atoms with van der Waals surface area (Å²) in [4.78, 5) is 2.35. The van der Waals surface area contributed by atoms with E-state index < -0.39 is 0 Å². The highest BCUT2D eigenvalue weighted by Gasteiger charge is 2.04. The molecule has 0 aliphatic carbocycles. The molecule has 0 N–H and O–H groups in total. The lowest BCUT2D eigenvalue weighted by Gasteiger charge is -2.15. The topological polar surface area (TPSA) is 16.4 Å². The van der Waals surface area contributed by atoms with Crippen LogP contribution >= 0.6 is 11.6 Å². The van der Waals surface area contributed by atoms with E-state index in [4.69, 9.17) is 16.0 Å². The maximum atomic E-state index is 5.63. The summed E-state index contributed by atoms with van der Waals surface area (Å²) in [6.45, 7) is 4.15. The van der Waals surface area contributed by atoms with E-state index in [1.807, 2.05) is 6.92 Å². The summed E-state index contributed by atoms with van der Waals surface area (Å²) in [5.41, 5.74) is 1.29. The van der Waals surface area contributed by atoms with E-state index in [-0.39, 0.29) is 0 Å². The van der Waals surface area contributed by atoms with Crippen LogP contribution in [0.4, 0.5) is 0 Å². The van der Waals surface area contributed by atoms with Crippen LogP contribution in [-0.2, 0) is 6.54 Å². The van der Waals surface area contributed by atoms with E-state index in [1.165, 1.54) is 24.8 Å². The molecule has 1 aromatic rings. The Bertz CT molecular complexity index is 285. The molecule has 0 aliphatic heterocycles. The average Bonchev–Trinajstić information content (AvgIpc) is 2.64. The first-order valence-corrected chi connectivity index (χ1v) is 6.55. The highest BCUT2D eigenvalue weighted by molar-refractivity contribution is 6.17. The zero-order chi connectivity index (χ0) is 11.8. The molecule has 0 atom stereocenters. The molecule has 0 saturated carbocycles. The standard InChI is InChI=1S/C13H22ClNO/c1-12-13(7-10-16-12)11-15(2)9-6-4-3-5-8-14/h7,10H,3-6,8-9,11H2,1-2H3. The van der Waals surface area contributed by atoms with Crippen molar-refractivity contribution in [1.29, 1.82) is 0 Å². The number of unbranched alkanes of at least 4 members (excludes halogenated alkanes) is 3. The molecule has 92 valence electrons. The van der Waals surface area contributed by atoms with Gasteiger partial charge in [0.15, 0.2) is 0 Å². The highest BCUT2D eigenvalue weighted by atomic mass is 35.5. The van der Waals surface area contributed by atoms with Gasteiger partial charge in [0.2, 0.25) is 0 Å². The number of furan rings is 1. The molecular weight excluding hydrogens is 222 g/mol. The van der Waals surface area contributed by atoms with Gasteiger partial charge in [-0.2, -0.15) is 0 Å². The van der Waals surface area contributed by atoms with Gasteiger partial charge in [0.25, 0.3) is 0 Å². The van der Waals surface area contributed by atoms with Crippen molar-refractivity contribution in [1.82, 2.24) is 4.90 Å². The molecule has 0 aliphatic rings. The molecule has 16 heavy (non-hydrogen) atoms. The Kier molecular flexibility index (Phi) is 6.58. The third-order valence-corrected chi connectivity index (χ3v) is 3.10. The normalized spacial score (nSPS) is 11.2. The second kappa shape index (κ2) is 7.75. The molecule has 0 saturated heterocycles. The predicted molar refractivity (Wildman–Crippen MR) is 69.0 cm³/mol. The van der Waals surface area contributed by atoms with E-state index in [2.05, 4.69) is 18.0 Å². The number of halogens is 1. The molecule has 1 aromatic heterocycles. The van der Waals surface area contributed by atoms with Gasteiger partial charge in [-0.15, -0.1) is 11.6 Å². The largest absolute Gasteiger partial charge is 0.469 e. The summed E-state index contributed by atoms with van der Waals surface area (Å²) >= 11 is 5.63. The van der Waals surface area contributed by atoms with Crippen LogP contribution in [0, 0.1) is 6.92 Å². The van der Waals surface area contributed by atoms with Crippen LogP contribution in [0.2, 0.25) is 0 Å². The van der Waals surface area contributed by atoms with Crippen LogP contribution in [0.3, 0.4) is 0 Å². The van der Waals surface area contributed by atoms with Crippen molar-refractivity contribution in [3.05, 3.63) is 23.7 Å². The van der Waals surface area contributed by atoms with Gasteiger partial charge in [0.1, 0.15) is 5.76 Å². The SMILES string of the molecule is Cc1occc1CN(C)CCCCCCCl. The number of hydrogen-bond acceptors (Lipinski definition) is 2. The Morgan fingerprint density at radius 1 is 1.25 bits per heavy atom. The van der Waals surface area contributed by atoms with Crippen LogP contribution in [0.5, 0.6) is 0 Å². The zero-order valence-corrected chi connectivity index (χ0v) is 11.1. The molecule has 0 spiro atoms. The summed E-state index contributed by atoms with van der Waals surface area (Å²) in [7, 11) is 2.16. The minimum absolute atomic E-state index is 0.796. The first-order chi connectivity index (χ1) is 7.74. The molecule has 0 amide bonds. The van der Waals surface area contributed by atoms with Crippen molar-refractivity contribution < 1.29 is 4.42 Å². The molecule has 0 unspecified atom stereocenters. The molecule has 0 aromatic carbocycles. The van der Waals surface area contributed by atoms with Crippen LogP contribution in [0.1, 0.15) is 37.0 Å². The first-order valence-electron chi connectivity index (χ1n) is 6.01. The molecule has 0 radical (unpaired) electrons. The number of hydrogen-bond donors (Lipinski definition) is 0. The van der Waals surface area contributed by atoms with Gasteiger partial charge in [-0.3, -0.25) is 0 Å². The Hall–Kier alpha value is -0.470. The van der Waals surface area contributed by atoms with Crippen LogP contribution in [0.15, 0.2) is 16.7 Å². The lowest BCUT2D eigenvalue weighted by atomic mass is 10.2. The number of rotatable bonds is 8. The fraction of sp³-hybridized carbons (Fsp3) is 0.692. The second-order valence-corrected chi connectivity index (χ2v) is 4.72. The van der Waals surface area contributed by atoms with E-state index in [0.29, 0.717) is 0 Å². The summed E-state index contributed by atoms with van der Waals surface area (Å²) in [6.07, 6.45) is 6.69. The van der Waals surface area contributed by atoms with Crippen molar-refractivity contribution in [2.24, 2.45) is 0 Å². The molecule has 0 fully saturated rings. The first kappa shape index (κ1) is 13.6. The van der Waals surface area contributed by atoms with Gasteiger partial charge in [-0.1, -0.05) is 12.8 Å². The van der Waals surface area contributed by atoms with Crippen molar-refractivity contribution in [2.75, 3.05) is 19.5 Å². The van der Waals surface area contributed by atoms with Crippen LogP contribution in [0.25, 0.3) is 0 Å². The molecule has 0 bridgehead atoms. The third kappa shape index (κ3) is 5.04. The van der Waals surface area contributed by atoms with Gasteiger partial charge >= 0.3 is 0 Å². The van der Waals surface area contributed by atoms with Gasteiger partial charge in [0.05, 0.1) is 6.26 Å². The number of alkyl halides is 1. The highest BCUT2D eigenvalue weighted by Crippen LogP contribution is 2.11. The molecule has 2 nitrogen and oxygen atoms in total. The van der Waals surface area contributed by atoms with E-state index >= 15 is 0 Å². The fourth-order valence-electron chi connectivity index (χ4n) is 1.77. The third-order valence-electron chi connectivity index (χ3n) is 2.83. The summed E-state index contributed by atoms with van der Waals surface area (Å²) in [5.74, 6) is 1.83. The monoisotopic (exact) mass is 243 g/mol. The molecule has 1 heterocycles. The van der Waals surface area contributed by atoms with Crippen molar-refractivity contribution in [3.63, 3.8) is 0 Å². The molecular formula is C13H22ClNO. The number of aryl methyl sites for hydroxylation is 1. The van der Waals surface area contributed by atoms with E-state index in [0.717, 1.165) is 31.2 Å². The van der Waals surface area contributed by atoms with Crippen molar-refractivity contribution in [3.8, 4) is 0 Å². The maximum absolute atomic E-state index is 5.63. The van der Waals surface area contributed by atoms with Gasteiger partial charge in [-0.25, -0.2) is 0 Å². The second-order valence-electron chi connectivity index (χ2n) is 4.34. The van der Waals surface area contributed by atoms with E-state index in [1.54, 1.807) is 6.26 Å². The molecule has 3 heteroatoms. The minimum Gasteiger partial charge on any atom is -0.469 e. The Morgan fingerprint density at radius 2 is 2.00 bits per heavy atom. The lowest BCUT2D eigenvalue weighted by molar-refractivity contribution is 0.314. The average molecular weight is 244 g/mol. The smallest absolute Gasteiger partial charge is 0.105 e. The van der Waals surface area contributed by atoms with Crippen LogP contribution < -0.4 is 0 Å². The van der Waals surface area contributed by atoms with Gasteiger partial charge in [0, 0.05) is 18.0 Å². The van der Waals surface area contributed by atoms with Gasteiger partial charge in [-0.05, 0) is 39.4 Å². The van der Waals surface area contributed by atoms with Crippen molar-refractivity contribution in [2.45, 2.75) is 39.2 Å². The Balaban J connectivity index is 2.11. The maximum Gasteiger partial charge on any atom is 0.105 e. The molecule has 1 rings (SSSR count). The Labute approximate surface area is 104 Å². The lowest BCUT2D eigenvalue weighted by Crippen LogP contribution is -2.19. The quantitative estimate of drug-likeness (QED) is 0.510. The Morgan fingerprint density at radius 3 is 2.62 bits per heavy atom. The predicted octanol–water partition coefficient (Wildman–Crippen LogP) is 3.82. The zero-order valence-electron chi connectivity index (χ0n) is 10.3. The number of nitrogens with zero attached hydrogens (tertiary/aromatic N) is 1.